The fourth-order valence-corrected chi connectivity index (χ4v) is 4.83. The number of hydrogen-bond donors (Lipinski definition) is 1. The van der Waals surface area contributed by atoms with Crippen LogP contribution in [0.5, 0.6) is 0 Å². The first kappa shape index (κ1) is 19.4. The molecule has 0 heterocycles. The van der Waals surface area contributed by atoms with Crippen LogP contribution in [0.2, 0.25) is 0 Å². The van der Waals surface area contributed by atoms with Crippen molar-refractivity contribution in [1.82, 2.24) is 5.32 Å². The number of hydrogen-bond acceptors (Lipinski definition) is 2. The quantitative estimate of drug-likeness (QED) is 0.435. The third kappa shape index (κ3) is 8.50. The Morgan fingerprint density at radius 1 is 0.905 bits per heavy atom. The smallest absolute Gasteiger partial charge is 0.00519 e. The summed E-state index contributed by atoms with van der Waals surface area (Å²) in [5.74, 6) is 5.85. The van der Waals surface area contributed by atoms with E-state index in [2.05, 4.69) is 38.0 Å². The molecule has 0 bridgehead atoms. The molecule has 1 nitrogen and oxygen atoms in total. The summed E-state index contributed by atoms with van der Waals surface area (Å²) >= 11 is 2.13. The van der Waals surface area contributed by atoms with Crippen molar-refractivity contribution in [1.29, 1.82) is 0 Å². The first-order valence-corrected chi connectivity index (χ1v) is 10.7. The molecule has 0 aromatic carbocycles. The minimum absolute atomic E-state index is 1.04. The van der Waals surface area contributed by atoms with Crippen LogP contribution in [0.1, 0.15) is 78.1 Å². The minimum Gasteiger partial charge on any atom is -0.320 e. The van der Waals surface area contributed by atoms with Gasteiger partial charge in [0.05, 0.1) is 0 Å². The number of nitrogens with one attached hydrogen (secondary N) is 1. The molecular formula is C19H39NS. The molecule has 1 N–H and O–H groups in total. The van der Waals surface area contributed by atoms with Gasteiger partial charge in [-0.25, -0.2) is 0 Å². The van der Waals surface area contributed by atoms with Gasteiger partial charge in [0.2, 0.25) is 0 Å². The van der Waals surface area contributed by atoms with Crippen LogP contribution in [0.15, 0.2) is 0 Å². The number of rotatable bonds is 13. The lowest BCUT2D eigenvalue weighted by Gasteiger charge is -2.16. The lowest BCUT2D eigenvalue weighted by Crippen LogP contribution is -2.07. The molecule has 0 aromatic heterocycles. The van der Waals surface area contributed by atoms with Gasteiger partial charge in [-0.05, 0) is 68.5 Å². The van der Waals surface area contributed by atoms with Crippen LogP contribution in [0, 0.1) is 17.8 Å². The van der Waals surface area contributed by atoms with E-state index in [-0.39, 0.29) is 0 Å². The summed E-state index contributed by atoms with van der Waals surface area (Å²) in [5.41, 5.74) is 0. The van der Waals surface area contributed by atoms with Crippen LogP contribution >= 0.6 is 11.8 Å². The number of thioether (sulfide) groups is 1. The molecule has 0 spiro atoms. The summed E-state index contributed by atoms with van der Waals surface area (Å²) in [7, 11) is 2.06. The highest BCUT2D eigenvalue weighted by Crippen LogP contribution is 2.42. The summed E-state index contributed by atoms with van der Waals surface area (Å²) in [6.07, 6.45) is 14.7. The van der Waals surface area contributed by atoms with Crippen LogP contribution in [-0.2, 0) is 0 Å². The average molecular weight is 314 g/mol. The SMILES string of the molecule is CCSCCC1CC(CCCCCCCNC)CC1CC. The van der Waals surface area contributed by atoms with Gasteiger partial charge in [0.15, 0.2) is 0 Å². The predicted octanol–water partition coefficient (Wildman–Crippen LogP) is 5.74. The van der Waals surface area contributed by atoms with E-state index in [1.54, 1.807) is 6.42 Å². The molecule has 0 aromatic rings. The molecule has 1 saturated carbocycles. The van der Waals surface area contributed by atoms with Crippen molar-refractivity contribution in [3.63, 3.8) is 0 Å². The van der Waals surface area contributed by atoms with E-state index in [4.69, 9.17) is 0 Å². The lowest BCUT2D eigenvalue weighted by molar-refractivity contribution is 0.369. The normalized spacial score (nSPS) is 25.6. The van der Waals surface area contributed by atoms with Gasteiger partial charge in [-0.15, -0.1) is 0 Å². The van der Waals surface area contributed by atoms with E-state index < -0.39 is 0 Å². The van der Waals surface area contributed by atoms with Gasteiger partial charge in [-0.2, -0.15) is 11.8 Å². The monoisotopic (exact) mass is 313 g/mol. The molecular weight excluding hydrogens is 274 g/mol. The van der Waals surface area contributed by atoms with Gasteiger partial charge in [0.25, 0.3) is 0 Å². The molecule has 1 aliphatic carbocycles. The van der Waals surface area contributed by atoms with Crippen molar-refractivity contribution >= 4 is 11.8 Å². The van der Waals surface area contributed by atoms with Gasteiger partial charge < -0.3 is 5.32 Å². The third-order valence-electron chi connectivity index (χ3n) is 5.34. The van der Waals surface area contributed by atoms with E-state index in [0.717, 1.165) is 17.8 Å². The van der Waals surface area contributed by atoms with Crippen molar-refractivity contribution in [2.45, 2.75) is 78.1 Å². The zero-order valence-corrected chi connectivity index (χ0v) is 15.6. The van der Waals surface area contributed by atoms with Gasteiger partial charge in [-0.1, -0.05) is 52.4 Å². The Bertz CT molecular complexity index is 232. The summed E-state index contributed by atoms with van der Waals surface area (Å²) in [6.45, 7) is 5.89. The van der Waals surface area contributed by atoms with Crippen LogP contribution in [0.25, 0.3) is 0 Å². The van der Waals surface area contributed by atoms with Crippen LogP contribution in [-0.4, -0.2) is 25.1 Å². The highest BCUT2D eigenvalue weighted by molar-refractivity contribution is 7.99. The Kier molecular flexibility index (Phi) is 11.8. The molecule has 126 valence electrons. The molecule has 0 amide bonds. The molecule has 1 rings (SSSR count). The van der Waals surface area contributed by atoms with Crippen molar-refractivity contribution in [3.8, 4) is 0 Å². The summed E-state index contributed by atoms with van der Waals surface area (Å²) in [4.78, 5) is 0. The maximum absolute atomic E-state index is 3.24. The van der Waals surface area contributed by atoms with E-state index >= 15 is 0 Å². The minimum atomic E-state index is 1.04. The van der Waals surface area contributed by atoms with Crippen molar-refractivity contribution < 1.29 is 0 Å². The van der Waals surface area contributed by atoms with E-state index in [0.29, 0.717) is 0 Å². The van der Waals surface area contributed by atoms with Crippen LogP contribution < -0.4 is 5.32 Å². The maximum atomic E-state index is 3.24. The third-order valence-corrected chi connectivity index (χ3v) is 6.27. The second-order valence-electron chi connectivity index (χ2n) is 6.91. The maximum Gasteiger partial charge on any atom is -0.00519 e. The largest absolute Gasteiger partial charge is 0.320 e. The fourth-order valence-electron chi connectivity index (χ4n) is 4.07. The summed E-state index contributed by atoms with van der Waals surface area (Å²) < 4.78 is 0. The lowest BCUT2D eigenvalue weighted by atomic mass is 9.92. The Morgan fingerprint density at radius 2 is 1.62 bits per heavy atom. The van der Waals surface area contributed by atoms with E-state index in [1.807, 2.05) is 0 Å². The Labute approximate surface area is 138 Å². The van der Waals surface area contributed by atoms with Gasteiger partial charge in [0.1, 0.15) is 0 Å². The average Bonchev–Trinajstić information content (AvgIpc) is 2.89. The molecule has 0 aliphatic heterocycles. The first-order valence-electron chi connectivity index (χ1n) is 9.54. The molecule has 21 heavy (non-hydrogen) atoms. The number of unbranched alkanes of at least 4 members (excludes halogenated alkanes) is 4. The summed E-state index contributed by atoms with van der Waals surface area (Å²) in [6, 6.07) is 0. The highest BCUT2D eigenvalue weighted by Gasteiger charge is 2.31. The van der Waals surface area contributed by atoms with Crippen LogP contribution in [0.4, 0.5) is 0 Å². The zero-order chi connectivity index (χ0) is 15.3. The zero-order valence-electron chi connectivity index (χ0n) is 14.8. The second-order valence-corrected chi connectivity index (χ2v) is 8.31. The topological polar surface area (TPSA) is 12.0 Å². The van der Waals surface area contributed by atoms with Gasteiger partial charge >= 0.3 is 0 Å². The van der Waals surface area contributed by atoms with Crippen molar-refractivity contribution in [3.05, 3.63) is 0 Å². The van der Waals surface area contributed by atoms with Crippen LogP contribution in [0.3, 0.4) is 0 Å². The second kappa shape index (κ2) is 12.8. The Balaban J connectivity index is 2.07. The standard InChI is InChI=1S/C19H39NS/c1-4-18-15-17(16-19(18)12-14-21-5-2)11-9-7-6-8-10-13-20-3/h17-20H,4-16H2,1-3H3. The first-order chi connectivity index (χ1) is 10.3. The molecule has 0 saturated heterocycles. The molecule has 3 unspecified atom stereocenters. The summed E-state index contributed by atoms with van der Waals surface area (Å²) in [5, 5.41) is 3.24. The van der Waals surface area contributed by atoms with Gasteiger partial charge in [0, 0.05) is 0 Å². The fraction of sp³-hybridized carbons (Fsp3) is 1.00. The predicted molar refractivity (Wildman–Crippen MR) is 99.2 cm³/mol. The highest BCUT2D eigenvalue weighted by atomic mass is 32.2. The Morgan fingerprint density at radius 3 is 2.33 bits per heavy atom. The molecule has 0 radical (unpaired) electrons. The van der Waals surface area contributed by atoms with Crippen molar-refractivity contribution in [2.75, 3.05) is 25.1 Å². The van der Waals surface area contributed by atoms with E-state index in [1.165, 1.54) is 75.8 Å². The molecule has 2 heteroatoms. The van der Waals surface area contributed by atoms with E-state index in [9.17, 15) is 0 Å². The molecule has 1 fully saturated rings. The molecule has 1 aliphatic rings. The van der Waals surface area contributed by atoms with Gasteiger partial charge in [-0.3, -0.25) is 0 Å². The Hall–Kier alpha value is 0.310. The van der Waals surface area contributed by atoms with Crippen molar-refractivity contribution in [2.24, 2.45) is 17.8 Å². The molecule has 3 atom stereocenters.